The van der Waals surface area contributed by atoms with Crippen molar-refractivity contribution >= 4 is 0 Å². The van der Waals surface area contributed by atoms with E-state index in [1.54, 1.807) is 12.1 Å². The van der Waals surface area contributed by atoms with Crippen molar-refractivity contribution in [3.05, 3.63) is 59.2 Å². The van der Waals surface area contributed by atoms with Gasteiger partial charge < -0.3 is 15.2 Å². The lowest BCUT2D eigenvalue weighted by molar-refractivity contribution is -0.0508. The van der Waals surface area contributed by atoms with E-state index in [1.807, 2.05) is 24.3 Å². The van der Waals surface area contributed by atoms with Gasteiger partial charge in [-0.15, -0.1) is 0 Å². The summed E-state index contributed by atoms with van der Waals surface area (Å²) in [5, 5.41) is 0. The summed E-state index contributed by atoms with van der Waals surface area (Å²) in [6, 6.07) is 12.7. The molecule has 0 unspecified atom stereocenters. The first-order valence-corrected chi connectivity index (χ1v) is 7.49. The van der Waals surface area contributed by atoms with Gasteiger partial charge in [0.05, 0.1) is 0 Å². The zero-order valence-corrected chi connectivity index (χ0v) is 13.3. The molecule has 23 heavy (non-hydrogen) atoms. The molecule has 2 N–H and O–H groups in total. The predicted octanol–water partition coefficient (Wildman–Crippen LogP) is 4.45. The smallest absolute Gasteiger partial charge is 0.387 e. The molecule has 3 nitrogen and oxygen atoms in total. The first kappa shape index (κ1) is 17.2. The first-order chi connectivity index (χ1) is 11.0. The molecule has 0 fully saturated rings. The maximum absolute atomic E-state index is 12.5. The maximum Gasteiger partial charge on any atom is 0.387 e. The zero-order chi connectivity index (χ0) is 16.8. The van der Waals surface area contributed by atoms with Gasteiger partial charge in [-0.2, -0.15) is 8.78 Å². The Labute approximate surface area is 135 Å². The lowest BCUT2D eigenvalue weighted by Gasteiger charge is -2.14. The summed E-state index contributed by atoms with van der Waals surface area (Å²) >= 11 is 0. The molecule has 0 amide bonds. The Morgan fingerprint density at radius 2 is 1.74 bits per heavy atom. The molecular weight excluding hydrogens is 300 g/mol. The maximum atomic E-state index is 12.5. The lowest BCUT2D eigenvalue weighted by Crippen LogP contribution is -2.08. The summed E-state index contributed by atoms with van der Waals surface area (Å²) in [5.41, 5.74) is 8.02. The third kappa shape index (κ3) is 4.93. The van der Waals surface area contributed by atoms with Gasteiger partial charge in [0.2, 0.25) is 0 Å². The van der Waals surface area contributed by atoms with Gasteiger partial charge >= 0.3 is 6.61 Å². The fourth-order valence-corrected chi connectivity index (χ4v) is 2.16. The molecule has 0 spiro atoms. The van der Waals surface area contributed by atoms with Crippen LogP contribution in [-0.2, 0) is 13.2 Å². The van der Waals surface area contributed by atoms with Crippen molar-refractivity contribution in [2.75, 3.05) is 0 Å². The van der Waals surface area contributed by atoms with Crippen LogP contribution < -0.4 is 15.2 Å². The zero-order valence-electron chi connectivity index (χ0n) is 13.3. The number of rotatable bonds is 7. The molecule has 0 aromatic heterocycles. The highest BCUT2D eigenvalue weighted by Gasteiger charge is 2.11. The third-order valence-corrected chi connectivity index (χ3v) is 3.52. The van der Waals surface area contributed by atoms with E-state index in [1.165, 1.54) is 11.6 Å². The van der Waals surface area contributed by atoms with Crippen LogP contribution in [0.5, 0.6) is 11.5 Å². The molecule has 0 saturated heterocycles. The number of benzene rings is 2. The van der Waals surface area contributed by atoms with E-state index < -0.39 is 6.61 Å². The van der Waals surface area contributed by atoms with Crippen molar-refractivity contribution in [3.8, 4) is 11.5 Å². The molecule has 0 aliphatic rings. The summed E-state index contributed by atoms with van der Waals surface area (Å²) in [5.74, 6) is 1.22. The van der Waals surface area contributed by atoms with Crippen LogP contribution in [0.25, 0.3) is 0 Å². The second-order valence-corrected chi connectivity index (χ2v) is 5.54. The van der Waals surface area contributed by atoms with Crippen molar-refractivity contribution < 1.29 is 18.3 Å². The molecule has 2 aromatic rings. The largest absolute Gasteiger partial charge is 0.489 e. The Morgan fingerprint density at radius 3 is 2.30 bits per heavy atom. The molecule has 124 valence electrons. The Hall–Kier alpha value is -2.14. The fourth-order valence-electron chi connectivity index (χ4n) is 2.16. The van der Waals surface area contributed by atoms with E-state index in [2.05, 4.69) is 18.6 Å². The SMILES string of the molecule is CC(C)c1ccc(OCc2ccc(CN)cc2OC(F)F)cc1. The number of halogens is 2. The molecule has 0 bridgehead atoms. The van der Waals surface area contributed by atoms with Crippen molar-refractivity contribution in [1.82, 2.24) is 0 Å². The minimum Gasteiger partial charge on any atom is -0.489 e. The summed E-state index contributed by atoms with van der Waals surface area (Å²) < 4.78 is 35.3. The second kappa shape index (κ2) is 7.92. The van der Waals surface area contributed by atoms with Gasteiger partial charge in [0.1, 0.15) is 18.1 Å². The summed E-state index contributed by atoms with van der Waals surface area (Å²) in [4.78, 5) is 0. The third-order valence-electron chi connectivity index (χ3n) is 3.52. The topological polar surface area (TPSA) is 44.5 Å². The quantitative estimate of drug-likeness (QED) is 0.819. The monoisotopic (exact) mass is 321 g/mol. The molecule has 2 aromatic carbocycles. The predicted molar refractivity (Wildman–Crippen MR) is 85.8 cm³/mol. The highest BCUT2D eigenvalue weighted by molar-refractivity contribution is 5.38. The van der Waals surface area contributed by atoms with E-state index in [-0.39, 0.29) is 18.9 Å². The van der Waals surface area contributed by atoms with Gasteiger partial charge in [0.25, 0.3) is 0 Å². The second-order valence-electron chi connectivity index (χ2n) is 5.54. The van der Waals surface area contributed by atoms with Crippen LogP contribution in [0.4, 0.5) is 8.78 Å². The number of alkyl halides is 2. The lowest BCUT2D eigenvalue weighted by atomic mass is 10.0. The first-order valence-electron chi connectivity index (χ1n) is 7.49. The van der Waals surface area contributed by atoms with E-state index in [0.717, 1.165) is 5.56 Å². The van der Waals surface area contributed by atoms with Crippen molar-refractivity contribution in [2.24, 2.45) is 5.73 Å². The van der Waals surface area contributed by atoms with Crippen LogP contribution in [0.2, 0.25) is 0 Å². The van der Waals surface area contributed by atoms with Gasteiger partial charge in [-0.25, -0.2) is 0 Å². The summed E-state index contributed by atoms with van der Waals surface area (Å²) in [7, 11) is 0. The molecule has 0 atom stereocenters. The molecule has 2 rings (SSSR count). The van der Waals surface area contributed by atoms with Gasteiger partial charge in [-0.3, -0.25) is 0 Å². The number of hydrogen-bond acceptors (Lipinski definition) is 3. The van der Waals surface area contributed by atoms with Crippen LogP contribution in [-0.4, -0.2) is 6.61 Å². The average molecular weight is 321 g/mol. The number of hydrogen-bond donors (Lipinski definition) is 1. The van der Waals surface area contributed by atoms with Crippen LogP contribution in [0.3, 0.4) is 0 Å². The molecule has 0 radical (unpaired) electrons. The van der Waals surface area contributed by atoms with Crippen molar-refractivity contribution in [1.29, 1.82) is 0 Å². The summed E-state index contributed by atoms with van der Waals surface area (Å²) in [6.07, 6.45) is 0. The van der Waals surface area contributed by atoms with Gasteiger partial charge in [-0.1, -0.05) is 38.1 Å². The molecular formula is C18H21F2NO2. The van der Waals surface area contributed by atoms with Crippen molar-refractivity contribution in [2.45, 2.75) is 39.5 Å². The van der Waals surface area contributed by atoms with Gasteiger partial charge in [0, 0.05) is 12.1 Å². The van der Waals surface area contributed by atoms with E-state index in [4.69, 9.17) is 10.5 Å². The highest BCUT2D eigenvalue weighted by Crippen LogP contribution is 2.25. The van der Waals surface area contributed by atoms with Crippen LogP contribution in [0.15, 0.2) is 42.5 Å². The highest BCUT2D eigenvalue weighted by atomic mass is 19.3. The van der Waals surface area contributed by atoms with Gasteiger partial charge in [0.15, 0.2) is 0 Å². The molecule has 0 aliphatic carbocycles. The Balaban J connectivity index is 2.09. The Morgan fingerprint density at radius 1 is 1.04 bits per heavy atom. The fraction of sp³-hybridized carbons (Fsp3) is 0.333. The Kier molecular flexibility index (Phi) is 5.93. The minimum absolute atomic E-state index is 0.0988. The molecule has 0 aliphatic heterocycles. The summed E-state index contributed by atoms with van der Waals surface area (Å²) in [6.45, 7) is 1.75. The van der Waals surface area contributed by atoms with Crippen LogP contribution >= 0.6 is 0 Å². The Bertz CT molecular complexity index is 627. The van der Waals surface area contributed by atoms with E-state index in [0.29, 0.717) is 17.2 Å². The molecule has 0 heterocycles. The molecule has 5 heteroatoms. The van der Waals surface area contributed by atoms with Crippen LogP contribution in [0.1, 0.15) is 36.5 Å². The van der Waals surface area contributed by atoms with Gasteiger partial charge in [-0.05, 0) is 35.2 Å². The minimum atomic E-state index is -2.88. The number of nitrogens with two attached hydrogens (primary N) is 1. The average Bonchev–Trinajstić information content (AvgIpc) is 2.53. The number of ether oxygens (including phenoxy) is 2. The van der Waals surface area contributed by atoms with E-state index in [9.17, 15) is 8.78 Å². The van der Waals surface area contributed by atoms with Crippen LogP contribution in [0, 0.1) is 0 Å². The van der Waals surface area contributed by atoms with Crippen molar-refractivity contribution in [3.63, 3.8) is 0 Å². The molecule has 0 saturated carbocycles. The van der Waals surface area contributed by atoms with E-state index >= 15 is 0 Å². The standard InChI is InChI=1S/C18H21F2NO2/c1-12(2)14-5-7-16(8-6-14)22-11-15-4-3-13(10-21)9-17(15)23-18(19)20/h3-9,12,18H,10-11,21H2,1-2H3. The normalized spacial score (nSPS) is 11.1.